The van der Waals surface area contributed by atoms with Crippen molar-refractivity contribution < 1.29 is 22.4 Å². The molecule has 0 saturated heterocycles. The Bertz CT molecular complexity index is 1080. The quantitative estimate of drug-likeness (QED) is 0.499. The molecule has 0 aliphatic carbocycles. The number of rotatable bonds is 10. The number of halogens is 2. The Kier molecular flexibility index (Phi) is 9.38. The summed E-state index contributed by atoms with van der Waals surface area (Å²) in [7, 11) is -1.61. The van der Waals surface area contributed by atoms with Crippen LogP contribution in [0, 0.1) is 5.82 Å². The zero-order chi connectivity index (χ0) is 24.8. The van der Waals surface area contributed by atoms with Crippen LogP contribution in [0.25, 0.3) is 0 Å². The van der Waals surface area contributed by atoms with Crippen LogP contribution in [0.3, 0.4) is 0 Å². The minimum atomic E-state index is -4.21. The minimum absolute atomic E-state index is 0.0670. The molecule has 2 rings (SSSR count). The Morgan fingerprint density at radius 1 is 1.09 bits per heavy atom. The summed E-state index contributed by atoms with van der Waals surface area (Å²) < 4.78 is 42.9. The smallest absolute Gasteiger partial charge is 0.304 e. The van der Waals surface area contributed by atoms with Crippen molar-refractivity contribution in [2.45, 2.75) is 26.4 Å². The fourth-order valence-electron chi connectivity index (χ4n) is 3.05. The second kappa shape index (κ2) is 11.6. The lowest BCUT2D eigenvalue weighted by atomic mass is 10.1. The molecule has 33 heavy (non-hydrogen) atoms. The van der Waals surface area contributed by atoms with Crippen LogP contribution in [-0.4, -0.2) is 62.7 Å². The predicted octanol–water partition coefficient (Wildman–Crippen LogP) is 2.75. The molecular formula is C22H28BrFN4O4S. The number of carbonyl (C=O) groups is 2. The van der Waals surface area contributed by atoms with Crippen LogP contribution in [-0.2, 0) is 26.3 Å². The zero-order valence-corrected chi connectivity index (χ0v) is 21.4. The van der Waals surface area contributed by atoms with Crippen molar-refractivity contribution >= 4 is 43.6 Å². The SMILES string of the molecule is CCNC(=O)[C@@H](C)N(Cc1ccc(Br)cc1)C(=O)CN(c1ccccc1F)S(=O)(=O)N(C)C. The van der Waals surface area contributed by atoms with E-state index in [4.69, 9.17) is 0 Å². The van der Waals surface area contributed by atoms with Gasteiger partial charge in [0, 0.05) is 31.7 Å². The normalized spacial score (nSPS) is 12.3. The van der Waals surface area contributed by atoms with Gasteiger partial charge in [-0.2, -0.15) is 12.7 Å². The molecule has 1 N–H and O–H groups in total. The summed E-state index contributed by atoms with van der Waals surface area (Å²) in [6.07, 6.45) is 0. The van der Waals surface area contributed by atoms with Gasteiger partial charge in [-0.25, -0.2) is 8.70 Å². The molecule has 0 spiro atoms. The van der Waals surface area contributed by atoms with Gasteiger partial charge in [-0.1, -0.05) is 40.2 Å². The number of benzene rings is 2. The molecule has 180 valence electrons. The molecule has 0 aliphatic rings. The molecule has 0 heterocycles. The maximum Gasteiger partial charge on any atom is 0.304 e. The highest BCUT2D eigenvalue weighted by Crippen LogP contribution is 2.24. The topological polar surface area (TPSA) is 90.0 Å². The van der Waals surface area contributed by atoms with Crippen molar-refractivity contribution in [3.63, 3.8) is 0 Å². The summed E-state index contributed by atoms with van der Waals surface area (Å²) in [6, 6.07) is 11.6. The third-order valence-electron chi connectivity index (χ3n) is 4.92. The molecule has 0 aliphatic heterocycles. The summed E-state index contributed by atoms with van der Waals surface area (Å²) >= 11 is 3.36. The predicted molar refractivity (Wildman–Crippen MR) is 129 cm³/mol. The van der Waals surface area contributed by atoms with Gasteiger partial charge in [0.05, 0.1) is 5.69 Å². The fraction of sp³-hybridized carbons (Fsp3) is 0.364. The monoisotopic (exact) mass is 542 g/mol. The maximum atomic E-state index is 14.5. The number of carbonyl (C=O) groups excluding carboxylic acids is 2. The van der Waals surface area contributed by atoms with E-state index in [0.29, 0.717) is 10.8 Å². The molecule has 2 aromatic carbocycles. The molecule has 2 aromatic rings. The number of likely N-dealkylation sites (N-methyl/N-ethyl adjacent to an activating group) is 1. The summed E-state index contributed by atoms with van der Waals surface area (Å²) in [5.74, 6) is -1.81. The van der Waals surface area contributed by atoms with Gasteiger partial charge in [-0.05, 0) is 43.7 Å². The molecule has 2 amide bonds. The summed E-state index contributed by atoms with van der Waals surface area (Å²) in [5.41, 5.74) is 0.490. The number of nitrogens with zero attached hydrogens (tertiary/aromatic N) is 3. The molecule has 0 radical (unpaired) electrons. The number of nitrogens with one attached hydrogen (secondary N) is 1. The van der Waals surface area contributed by atoms with Crippen molar-refractivity contribution in [2.24, 2.45) is 0 Å². The average Bonchev–Trinajstić information content (AvgIpc) is 2.77. The van der Waals surface area contributed by atoms with Crippen LogP contribution in [0.5, 0.6) is 0 Å². The molecule has 0 saturated carbocycles. The number of anilines is 1. The highest BCUT2D eigenvalue weighted by Gasteiger charge is 2.33. The molecule has 0 fully saturated rings. The van der Waals surface area contributed by atoms with Gasteiger partial charge in [-0.3, -0.25) is 9.59 Å². The van der Waals surface area contributed by atoms with Gasteiger partial charge in [0.1, 0.15) is 18.4 Å². The Balaban J connectivity index is 2.45. The maximum absolute atomic E-state index is 14.5. The Morgan fingerprint density at radius 3 is 2.24 bits per heavy atom. The largest absolute Gasteiger partial charge is 0.355 e. The highest BCUT2D eigenvalue weighted by molar-refractivity contribution is 9.10. The third kappa shape index (κ3) is 6.75. The van der Waals surface area contributed by atoms with Crippen molar-refractivity contribution in [2.75, 3.05) is 31.5 Å². The van der Waals surface area contributed by atoms with Crippen LogP contribution >= 0.6 is 15.9 Å². The van der Waals surface area contributed by atoms with E-state index in [1.807, 2.05) is 0 Å². The second-order valence-corrected chi connectivity index (χ2v) is 10.4. The summed E-state index contributed by atoms with van der Waals surface area (Å²) in [5, 5.41) is 2.68. The molecule has 0 unspecified atom stereocenters. The first-order chi connectivity index (χ1) is 15.5. The van der Waals surface area contributed by atoms with Crippen molar-refractivity contribution in [3.05, 3.63) is 64.4 Å². The Morgan fingerprint density at radius 2 is 1.70 bits per heavy atom. The summed E-state index contributed by atoms with van der Waals surface area (Å²) in [4.78, 5) is 27.2. The second-order valence-electron chi connectivity index (χ2n) is 7.47. The van der Waals surface area contributed by atoms with Crippen LogP contribution in [0.4, 0.5) is 10.1 Å². The van der Waals surface area contributed by atoms with Gasteiger partial charge < -0.3 is 10.2 Å². The molecule has 8 nitrogen and oxygen atoms in total. The van der Waals surface area contributed by atoms with Gasteiger partial charge >= 0.3 is 10.2 Å². The third-order valence-corrected chi connectivity index (χ3v) is 7.26. The van der Waals surface area contributed by atoms with Gasteiger partial charge in [-0.15, -0.1) is 0 Å². The summed E-state index contributed by atoms with van der Waals surface area (Å²) in [6.45, 7) is 3.09. The first-order valence-electron chi connectivity index (χ1n) is 10.2. The van der Waals surface area contributed by atoms with Crippen molar-refractivity contribution in [1.29, 1.82) is 0 Å². The van der Waals surface area contributed by atoms with E-state index < -0.39 is 34.5 Å². The lowest BCUT2D eigenvalue weighted by Crippen LogP contribution is -2.52. The van der Waals surface area contributed by atoms with Gasteiger partial charge in [0.25, 0.3) is 0 Å². The fourth-order valence-corrected chi connectivity index (χ4v) is 4.38. The van der Waals surface area contributed by atoms with Crippen LogP contribution in [0.2, 0.25) is 0 Å². The molecule has 0 aromatic heterocycles. The minimum Gasteiger partial charge on any atom is -0.355 e. The molecule has 11 heteroatoms. The number of hydrogen-bond donors (Lipinski definition) is 1. The van der Waals surface area contributed by atoms with E-state index in [9.17, 15) is 22.4 Å². The molecule has 0 bridgehead atoms. The molecule has 1 atom stereocenters. The van der Waals surface area contributed by atoms with E-state index in [0.717, 1.165) is 20.4 Å². The van der Waals surface area contributed by atoms with E-state index in [1.165, 1.54) is 37.2 Å². The van der Waals surface area contributed by atoms with Crippen molar-refractivity contribution in [3.8, 4) is 0 Å². The zero-order valence-electron chi connectivity index (χ0n) is 19.0. The van der Waals surface area contributed by atoms with Crippen LogP contribution < -0.4 is 9.62 Å². The van der Waals surface area contributed by atoms with E-state index >= 15 is 0 Å². The standard InChI is InChI=1S/C22H28BrFN4O4S/c1-5-25-22(30)16(2)27(14-17-10-12-18(23)13-11-17)21(29)15-28(33(31,32)26(3)4)20-9-7-6-8-19(20)24/h6-13,16H,5,14-15H2,1-4H3,(H,25,30)/t16-/m1/s1. The van der Waals surface area contributed by atoms with Crippen molar-refractivity contribution in [1.82, 2.24) is 14.5 Å². The van der Waals surface area contributed by atoms with Crippen LogP contribution in [0.1, 0.15) is 19.4 Å². The average molecular weight is 543 g/mol. The van der Waals surface area contributed by atoms with E-state index in [2.05, 4.69) is 21.2 Å². The highest BCUT2D eigenvalue weighted by atomic mass is 79.9. The van der Waals surface area contributed by atoms with E-state index in [1.54, 1.807) is 38.1 Å². The number of amides is 2. The first kappa shape index (κ1) is 26.7. The Labute approximate surface area is 202 Å². The lowest BCUT2D eigenvalue weighted by molar-refractivity contribution is -0.139. The van der Waals surface area contributed by atoms with E-state index in [-0.39, 0.29) is 18.1 Å². The first-order valence-corrected chi connectivity index (χ1v) is 12.4. The Hall–Kier alpha value is -2.50. The number of hydrogen-bond acceptors (Lipinski definition) is 4. The number of para-hydroxylation sites is 1. The van der Waals surface area contributed by atoms with Gasteiger partial charge in [0.2, 0.25) is 11.8 Å². The molecular weight excluding hydrogens is 515 g/mol. The lowest BCUT2D eigenvalue weighted by Gasteiger charge is -2.32. The van der Waals surface area contributed by atoms with Crippen LogP contribution in [0.15, 0.2) is 53.0 Å². The van der Waals surface area contributed by atoms with Gasteiger partial charge in [0.15, 0.2) is 0 Å².